The Kier molecular flexibility index (Phi) is 3.55. The van der Waals surface area contributed by atoms with E-state index in [4.69, 9.17) is 5.73 Å². The molecule has 0 radical (unpaired) electrons. The molecule has 17 heavy (non-hydrogen) atoms. The number of aromatic nitrogens is 1. The summed E-state index contributed by atoms with van der Waals surface area (Å²) in [5.41, 5.74) is 8.34. The molecule has 0 atom stereocenters. The number of rotatable bonds is 4. The number of pyridine rings is 1. The van der Waals surface area contributed by atoms with Gasteiger partial charge in [-0.05, 0) is 30.2 Å². The third-order valence-electron chi connectivity index (χ3n) is 2.49. The number of benzene rings is 1. The lowest BCUT2D eigenvalue weighted by atomic mass is 10.1. The molecule has 3 nitrogen and oxygen atoms in total. The quantitative estimate of drug-likeness (QED) is 0.849. The molecule has 0 amide bonds. The summed E-state index contributed by atoms with van der Waals surface area (Å²) >= 11 is 0. The van der Waals surface area contributed by atoms with Gasteiger partial charge in [0.25, 0.3) is 0 Å². The van der Waals surface area contributed by atoms with Crippen molar-refractivity contribution in [2.24, 2.45) is 0 Å². The first kappa shape index (κ1) is 11.4. The molecule has 0 fully saturated rings. The van der Waals surface area contributed by atoms with Crippen molar-refractivity contribution in [3.8, 4) is 0 Å². The first-order valence-corrected chi connectivity index (χ1v) is 5.43. The van der Waals surface area contributed by atoms with Gasteiger partial charge in [0.1, 0.15) is 5.82 Å². The van der Waals surface area contributed by atoms with Crippen LogP contribution in [0.5, 0.6) is 0 Å². The molecular formula is C13H14FN3. The molecule has 88 valence electrons. The van der Waals surface area contributed by atoms with E-state index in [9.17, 15) is 4.39 Å². The lowest BCUT2D eigenvalue weighted by Crippen LogP contribution is -2.07. The number of hydrogen-bond acceptors (Lipinski definition) is 3. The highest BCUT2D eigenvalue weighted by Crippen LogP contribution is 2.15. The van der Waals surface area contributed by atoms with Crippen molar-refractivity contribution >= 4 is 11.4 Å². The Morgan fingerprint density at radius 3 is 2.65 bits per heavy atom. The Morgan fingerprint density at radius 1 is 1.18 bits per heavy atom. The maximum Gasteiger partial charge on any atom is 0.123 e. The fraction of sp³-hybridized carbons (Fsp3) is 0.154. The zero-order chi connectivity index (χ0) is 12.1. The molecule has 0 aliphatic rings. The topological polar surface area (TPSA) is 50.9 Å². The van der Waals surface area contributed by atoms with Crippen LogP contribution in [-0.2, 0) is 6.42 Å². The van der Waals surface area contributed by atoms with E-state index >= 15 is 0 Å². The van der Waals surface area contributed by atoms with Crippen LogP contribution in [0.1, 0.15) is 5.56 Å². The van der Waals surface area contributed by atoms with E-state index in [1.165, 1.54) is 12.1 Å². The normalized spacial score (nSPS) is 10.2. The predicted molar refractivity (Wildman–Crippen MR) is 67.2 cm³/mol. The summed E-state index contributed by atoms with van der Waals surface area (Å²) in [6.45, 7) is 0.750. The fourth-order valence-corrected chi connectivity index (χ4v) is 1.56. The lowest BCUT2D eigenvalue weighted by molar-refractivity contribution is 0.627. The molecule has 2 rings (SSSR count). The van der Waals surface area contributed by atoms with Gasteiger partial charge in [-0.2, -0.15) is 0 Å². The molecule has 0 unspecified atom stereocenters. The minimum atomic E-state index is -0.208. The van der Waals surface area contributed by atoms with Crippen LogP contribution in [0.2, 0.25) is 0 Å². The first-order valence-electron chi connectivity index (χ1n) is 5.43. The minimum Gasteiger partial charge on any atom is -0.396 e. The average molecular weight is 231 g/mol. The second-order valence-electron chi connectivity index (χ2n) is 3.77. The van der Waals surface area contributed by atoms with Gasteiger partial charge >= 0.3 is 0 Å². The van der Waals surface area contributed by atoms with Crippen molar-refractivity contribution in [2.75, 3.05) is 17.6 Å². The second kappa shape index (κ2) is 5.30. The highest BCUT2D eigenvalue weighted by atomic mass is 19.1. The summed E-state index contributed by atoms with van der Waals surface area (Å²) in [7, 11) is 0. The Labute approximate surface area is 99.5 Å². The van der Waals surface area contributed by atoms with Crippen LogP contribution < -0.4 is 11.1 Å². The van der Waals surface area contributed by atoms with Gasteiger partial charge in [-0.1, -0.05) is 12.1 Å². The smallest absolute Gasteiger partial charge is 0.123 e. The summed E-state index contributed by atoms with van der Waals surface area (Å²) in [5.74, 6) is -0.208. The molecule has 2 aromatic rings. The number of hydrogen-bond donors (Lipinski definition) is 2. The van der Waals surface area contributed by atoms with E-state index in [0.29, 0.717) is 5.69 Å². The molecule has 0 bridgehead atoms. The maximum atomic E-state index is 12.7. The molecule has 3 N–H and O–H groups in total. The number of nitrogens with two attached hydrogens (primary N) is 1. The molecule has 0 saturated heterocycles. The van der Waals surface area contributed by atoms with Crippen LogP contribution >= 0.6 is 0 Å². The monoisotopic (exact) mass is 231 g/mol. The third-order valence-corrected chi connectivity index (χ3v) is 2.49. The Balaban J connectivity index is 1.88. The maximum absolute atomic E-state index is 12.7. The molecule has 1 aromatic heterocycles. The molecule has 1 heterocycles. The fourth-order valence-electron chi connectivity index (χ4n) is 1.56. The highest BCUT2D eigenvalue weighted by molar-refractivity contribution is 5.64. The first-order chi connectivity index (χ1) is 8.25. The standard InChI is InChI=1S/C13H14FN3/c14-11-3-1-10(2-4-11)5-8-17-13-6-7-16-9-12(13)15/h1-4,6-7,9H,5,8,15H2,(H,16,17). The van der Waals surface area contributed by atoms with Crippen molar-refractivity contribution in [3.05, 3.63) is 54.1 Å². The van der Waals surface area contributed by atoms with Crippen LogP contribution in [0, 0.1) is 5.82 Å². The van der Waals surface area contributed by atoms with E-state index in [1.807, 2.05) is 6.07 Å². The Bertz CT molecular complexity index is 482. The predicted octanol–water partition coefficient (Wildman–Crippen LogP) is 2.46. The minimum absolute atomic E-state index is 0.208. The van der Waals surface area contributed by atoms with Gasteiger partial charge in [0.15, 0.2) is 0 Å². The van der Waals surface area contributed by atoms with Gasteiger partial charge in [-0.25, -0.2) is 4.39 Å². The number of nitrogen functional groups attached to an aromatic ring is 1. The van der Waals surface area contributed by atoms with Gasteiger partial charge in [-0.3, -0.25) is 4.98 Å². The molecule has 0 saturated carbocycles. The summed E-state index contributed by atoms with van der Waals surface area (Å²) in [5, 5.41) is 3.22. The zero-order valence-electron chi connectivity index (χ0n) is 9.36. The van der Waals surface area contributed by atoms with Gasteiger partial charge in [0, 0.05) is 12.7 Å². The number of nitrogens with zero attached hydrogens (tertiary/aromatic N) is 1. The molecule has 0 aliphatic heterocycles. The van der Waals surface area contributed by atoms with E-state index in [-0.39, 0.29) is 5.82 Å². The number of anilines is 2. The zero-order valence-corrected chi connectivity index (χ0v) is 9.36. The van der Waals surface area contributed by atoms with Gasteiger partial charge in [0.2, 0.25) is 0 Å². The Morgan fingerprint density at radius 2 is 1.94 bits per heavy atom. The SMILES string of the molecule is Nc1cnccc1NCCc1ccc(F)cc1. The van der Waals surface area contributed by atoms with Crippen LogP contribution in [-0.4, -0.2) is 11.5 Å². The van der Waals surface area contributed by atoms with Crippen molar-refractivity contribution in [3.63, 3.8) is 0 Å². The van der Waals surface area contributed by atoms with Crippen molar-refractivity contribution < 1.29 is 4.39 Å². The summed E-state index contributed by atoms with van der Waals surface area (Å²) in [6.07, 6.45) is 4.12. The van der Waals surface area contributed by atoms with Crippen molar-refractivity contribution in [1.82, 2.24) is 4.98 Å². The van der Waals surface area contributed by atoms with Crippen LogP contribution in [0.15, 0.2) is 42.7 Å². The van der Waals surface area contributed by atoms with E-state index in [0.717, 1.165) is 24.2 Å². The molecule has 0 aliphatic carbocycles. The van der Waals surface area contributed by atoms with Crippen LogP contribution in [0.25, 0.3) is 0 Å². The molecule has 0 spiro atoms. The molecule has 4 heteroatoms. The number of halogens is 1. The van der Waals surface area contributed by atoms with Crippen molar-refractivity contribution in [2.45, 2.75) is 6.42 Å². The molecule has 1 aromatic carbocycles. The molecular weight excluding hydrogens is 217 g/mol. The number of nitrogens with one attached hydrogen (secondary N) is 1. The van der Waals surface area contributed by atoms with E-state index < -0.39 is 0 Å². The third kappa shape index (κ3) is 3.17. The van der Waals surface area contributed by atoms with E-state index in [1.54, 1.807) is 24.5 Å². The van der Waals surface area contributed by atoms with Gasteiger partial charge in [0.05, 0.1) is 17.6 Å². The van der Waals surface area contributed by atoms with Crippen LogP contribution in [0.3, 0.4) is 0 Å². The largest absolute Gasteiger partial charge is 0.396 e. The summed E-state index contributed by atoms with van der Waals surface area (Å²) in [4.78, 5) is 3.91. The lowest BCUT2D eigenvalue weighted by Gasteiger charge is -2.08. The summed E-state index contributed by atoms with van der Waals surface area (Å²) in [6, 6.07) is 8.34. The van der Waals surface area contributed by atoms with Gasteiger partial charge < -0.3 is 11.1 Å². The van der Waals surface area contributed by atoms with Gasteiger partial charge in [-0.15, -0.1) is 0 Å². The summed E-state index contributed by atoms with van der Waals surface area (Å²) < 4.78 is 12.7. The second-order valence-corrected chi connectivity index (χ2v) is 3.77. The average Bonchev–Trinajstić information content (AvgIpc) is 2.34. The highest BCUT2D eigenvalue weighted by Gasteiger charge is 1.98. The van der Waals surface area contributed by atoms with Crippen LogP contribution in [0.4, 0.5) is 15.8 Å². The van der Waals surface area contributed by atoms with E-state index in [2.05, 4.69) is 10.3 Å². The Hall–Kier alpha value is -2.10. The van der Waals surface area contributed by atoms with Crippen molar-refractivity contribution in [1.29, 1.82) is 0 Å².